The van der Waals surface area contributed by atoms with Crippen molar-refractivity contribution in [2.75, 3.05) is 0 Å². The highest BCUT2D eigenvalue weighted by atomic mass is 35.5. The van der Waals surface area contributed by atoms with Gasteiger partial charge in [-0.25, -0.2) is 0 Å². The number of carbonyl (C=O) groups is 1. The number of hydrogen-bond acceptors (Lipinski definition) is 5. The van der Waals surface area contributed by atoms with Gasteiger partial charge in [-0.3, -0.25) is 14.9 Å². The number of non-ortho nitro benzene ring substituents is 1. The second-order valence-corrected chi connectivity index (χ2v) is 7.11. The van der Waals surface area contributed by atoms with Crippen LogP contribution >= 0.6 is 34.7 Å². The highest BCUT2D eigenvalue weighted by molar-refractivity contribution is 8.00. The molecular formula is C13H10ClNO3S2. The maximum Gasteiger partial charge on any atom is 0.269 e. The summed E-state index contributed by atoms with van der Waals surface area (Å²) in [6, 6.07) is 9.57. The number of Topliss-reactive ketones (excluding diaryl/α,β-unsaturated/α-hetero) is 1. The number of nitro benzene ring substituents is 1. The van der Waals surface area contributed by atoms with E-state index in [2.05, 4.69) is 0 Å². The normalized spacial score (nSPS) is 12.1. The quantitative estimate of drug-likeness (QED) is 0.346. The first-order valence-corrected chi connectivity index (χ1v) is 7.75. The van der Waals surface area contributed by atoms with Gasteiger partial charge in [0.2, 0.25) is 0 Å². The van der Waals surface area contributed by atoms with Crippen molar-refractivity contribution in [1.82, 2.24) is 0 Å². The summed E-state index contributed by atoms with van der Waals surface area (Å²) in [6.07, 6.45) is 0. The molecule has 0 amide bonds. The molecule has 0 saturated heterocycles. The summed E-state index contributed by atoms with van der Waals surface area (Å²) in [5.41, 5.74) is 0.0402. The largest absolute Gasteiger partial charge is 0.292 e. The molecule has 1 heterocycles. The molecule has 104 valence electrons. The average molecular weight is 328 g/mol. The second-order valence-electron chi connectivity index (χ2n) is 3.98. The van der Waals surface area contributed by atoms with Crippen molar-refractivity contribution in [3.63, 3.8) is 0 Å². The molecule has 0 N–H and O–H groups in total. The minimum absolute atomic E-state index is 0.00486. The fourth-order valence-electron chi connectivity index (χ4n) is 1.55. The van der Waals surface area contributed by atoms with Crippen LogP contribution in [0, 0.1) is 10.1 Å². The topological polar surface area (TPSA) is 60.2 Å². The van der Waals surface area contributed by atoms with E-state index in [1.165, 1.54) is 35.2 Å². The monoisotopic (exact) mass is 327 g/mol. The van der Waals surface area contributed by atoms with Gasteiger partial charge in [0.05, 0.1) is 19.4 Å². The SMILES string of the molecule is CC(Sc1ccc([N+](=O)[O-])cc1)C(=O)c1ccc(Cl)s1. The molecule has 0 aliphatic carbocycles. The minimum atomic E-state index is -0.448. The zero-order valence-corrected chi connectivity index (χ0v) is 12.8. The Morgan fingerprint density at radius 1 is 1.30 bits per heavy atom. The summed E-state index contributed by atoms with van der Waals surface area (Å²) in [7, 11) is 0. The Labute approximate surface area is 128 Å². The molecule has 0 aliphatic heterocycles. The van der Waals surface area contributed by atoms with Gasteiger partial charge in [0.15, 0.2) is 5.78 Å². The molecule has 1 aromatic heterocycles. The number of rotatable bonds is 5. The van der Waals surface area contributed by atoms with Crippen LogP contribution in [-0.2, 0) is 0 Å². The Hall–Kier alpha value is -1.37. The number of nitrogens with zero attached hydrogens (tertiary/aromatic N) is 1. The van der Waals surface area contributed by atoms with E-state index in [1.807, 2.05) is 6.92 Å². The number of hydrogen-bond donors (Lipinski definition) is 0. The lowest BCUT2D eigenvalue weighted by Crippen LogP contribution is -2.11. The minimum Gasteiger partial charge on any atom is -0.292 e. The molecule has 7 heteroatoms. The molecule has 0 fully saturated rings. The van der Waals surface area contributed by atoms with Gasteiger partial charge in [0.25, 0.3) is 5.69 Å². The summed E-state index contributed by atoms with van der Waals surface area (Å²) in [6.45, 7) is 1.81. The zero-order valence-electron chi connectivity index (χ0n) is 10.4. The lowest BCUT2D eigenvalue weighted by molar-refractivity contribution is -0.384. The number of thioether (sulfide) groups is 1. The molecule has 20 heavy (non-hydrogen) atoms. The predicted molar refractivity (Wildman–Crippen MR) is 82.1 cm³/mol. The Balaban J connectivity index is 2.05. The molecule has 1 aromatic carbocycles. The van der Waals surface area contributed by atoms with Crippen molar-refractivity contribution in [3.05, 3.63) is 55.7 Å². The summed E-state index contributed by atoms with van der Waals surface area (Å²) in [5, 5.41) is 10.3. The maximum absolute atomic E-state index is 12.2. The first kappa shape index (κ1) is 15.0. The van der Waals surface area contributed by atoms with Crippen molar-refractivity contribution in [3.8, 4) is 0 Å². The predicted octanol–water partition coefficient (Wildman–Crippen LogP) is 4.67. The highest BCUT2D eigenvalue weighted by Gasteiger charge is 2.18. The van der Waals surface area contributed by atoms with Crippen LogP contribution < -0.4 is 0 Å². The van der Waals surface area contributed by atoms with Crippen LogP contribution in [0.3, 0.4) is 0 Å². The maximum atomic E-state index is 12.2. The van der Waals surface area contributed by atoms with Crippen molar-refractivity contribution in [2.24, 2.45) is 0 Å². The summed E-state index contributed by atoms with van der Waals surface area (Å²) < 4.78 is 0.584. The summed E-state index contributed by atoms with van der Waals surface area (Å²) in [5.74, 6) is 0.00486. The van der Waals surface area contributed by atoms with Crippen molar-refractivity contribution in [2.45, 2.75) is 17.1 Å². The Kier molecular flexibility index (Phi) is 4.80. The third-order valence-corrected chi connectivity index (χ3v) is 4.90. The van der Waals surface area contributed by atoms with E-state index < -0.39 is 4.92 Å². The Bertz CT molecular complexity index is 639. The molecule has 2 rings (SSSR count). The van der Waals surface area contributed by atoms with E-state index >= 15 is 0 Å². The van der Waals surface area contributed by atoms with Gasteiger partial charge in [0.1, 0.15) is 0 Å². The van der Waals surface area contributed by atoms with Gasteiger partial charge < -0.3 is 0 Å². The molecular weight excluding hydrogens is 318 g/mol. The average Bonchev–Trinajstić information content (AvgIpc) is 2.85. The second kappa shape index (κ2) is 6.39. The highest BCUT2D eigenvalue weighted by Crippen LogP contribution is 2.30. The fraction of sp³-hybridized carbons (Fsp3) is 0.154. The number of carbonyl (C=O) groups excluding carboxylic acids is 1. The lowest BCUT2D eigenvalue weighted by atomic mass is 10.2. The number of thiophene rings is 1. The standard InChI is InChI=1S/C13H10ClNO3S2/c1-8(13(16)11-6-7-12(14)20-11)19-10-4-2-9(3-5-10)15(17)18/h2-8H,1H3. The number of nitro groups is 1. The van der Waals surface area contributed by atoms with E-state index in [-0.39, 0.29) is 16.7 Å². The van der Waals surface area contributed by atoms with E-state index in [9.17, 15) is 14.9 Å². The van der Waals surface area contributed by atoms with Gasteiger partial charge in [0, 0.05) is 17.0 Å². The van der Waals surface area contributed by atoms with Crippen LogP contribution in [0.2, 0.25) is 4.34 Å². The van der Waals surface area contributed by atoms with Gasteiger partial charge in [-0.1, -0.05) is 11.6 Å². The first-order chi connectivity index (χ1) is 9.47. The van der Waals surface area contributed by atoms with Crippen LogP contribution in [0.1, 0.15) is 16.6 Å². The summed E-state index contributed by atoms with van der Waals surface area (Å²) >= 11 is 8.43. The molecule has 0 radical (unpaired) electrons. The molecule has 1 unspecified atom stereocenters. The van der Waals surface area contributed by atoms with E-state index in [0.29, 0.717) is 9.21 Å². The van der Waals surface area contributed by atoms with Crippen molar-refractivity contribution < 1.29 is 9.72 Å². The van der Waals surface area contributed by atoms with Crippen LogP contribution in [0.4, 0.5) is 5.69 Å². The molecule has 1 atom stereocenters. The van der Waals surface area contributed by atoms with Gasteiger partial charge in [-0.2, -0.15) is 0 Å². The van der Waals surface area contributed by atoms with Crippen LogP contribution in [0.25, 0.3) is 0 Å². The molecule has 0 saturated carbocycles. The van der Waals surface area contributed by atoms with Crippen LogP contribution in [0.15, 0.2) is 41.3 Å². The fourth-order valence-corrected chi connectivity index (χ4v) is 3.63. The zero-order chi connectivity index (χ0) is 14.7. The molecule has 2 aromatic rings. The lowest BCUT2D eigenvalue weighted by Gasteiger charge is -2.08. The van der Waals surface area contributed by atoms with Crippen LogP contribution in [0.5, 0.6) is 0 Å². The van der Waals surface area contributed by atoms with Crippen molar-refractivity contribution in [1.29, 1.82) is 0 Å². The van der Waals surface area contributed by atoms with Crippen molar-refractivity contribution >= 4 is 46.2 Å². The third kappa shape index (κ3) is 3.59. The van der Waals surface area contributed by atoms with Gasteiger partial charge >= 0.3 is 0 Å². The van der Waals surface area contributed by atoms with Gasteiger partial charge in [-0.15, -0.1) is 23.1 Å². The summed E-state index contributed by atoms with van der Waals surface area (Å²) in [4.78, 5) is 23.7. The molecule has 0 aliphatic rings. The third-order valence-electron chi connectivity index (χ3n) is 2.55. The number of halogens is 1. The van der Waals surface area contributed by atoms with E-state index in [4.69, 9.17) is 11.6 Å². The van der Waals surface area contributed by atoms with Crippen LogP contribution in [-0.4, -0.2) is 16.0 Å². The number of ketones is 1. The Morgan fingerprint density at radius 2 is 1.95 bits per heavy atom. The van der Waals surface area contributed by atoms with Gasteiger partial charge in [-0.05, 0) is 31.2 Å². The Morgan fingerprint density at radius 3 is 2.45 bits per heavy atom. The molecule has 0 spiro atoms. The smallest absolute Gasteiger partial charge is 0.269 e. The van der Waals surface area contributed by atoms with E-state index in [1.54, 1.807) is 24.3 Å². The first-order valence-electron chi connectivity index (χ1n) is 5.68. The van der Waals surface area contributed by atoms with E-state index in [0.717, 1.165) is 4.90 Å². The molecule has 4 nitrogen and oxygen atoms in total. The number of benzene rings is 1. The molecule has 0 bridgehead atoms.